The van der Waals surface area contributed by atoms with Crippen molar-refractivity contribution >= 4 is 43.5 Å². The average molecular weight is 494 g/mol. The zero-order valence-corrected chi connectivity index (χ0v) is 19.1. The van der Waals surface area contributed by atoms with Crippen LogP contribution in [0.2, 0.25) is 0 Å². The number of anilines is 1. The molecule has 9 heteroatoms. The van der Waals surface area contributed by atoms with Gasteiger partial charge in [-0.05, 0) is 35.7 Å². The number of halogens is 1. The summed E-state index contributed by atoms with van der Waals surface area (Å²) in [5.41, 5.74) is 2.31. The molecule has 7 nitrogen and oxygen atoms in total. The lowest BCUT2D eigenvalue weighted by Gasteiger charge is -2.22. The first-order valence-electron chi connectivity index (χ1n) is 9.58. The highest BCUT2D eigenvalue weighted by Crippen LogP contribution is 2.22. The SMILES string of the molecule is CS(=O)(=O)N(CC(=O)NCc1cccc(CN2CCCC2=O)c1)c1cccc(Br)c1. The highest BCUT2D eigenvalue weighted by molar-refractivity contribution is 9.10. The van der Waals surface area contributed by atoms with Gasteiger partial charge in [0.2, 0.25) is 21.8 Å². The first kappa shape index (κ1) is 22.3. The van der Waals surface area contributed by atoms with Crippen LogP contribution in [-0.2, 0) is 32.7 Å². The van der Waals surface area contributed by atoms with Crippen molar-refractivity contribution in [1.82, 2.24) is 10.2 Å². The molecule has 0 radical (unpaired) electrons. The van der Waals surface area contributed by atoms with Crippen molar-refractivity contribution < 1.29 is 18.0 Å². The summed E-state index contributed by atoms with van der Waals surface area (Å²) in [5, 5.41) is 2.78. The Labute approximate surface area is 185 Å². The highest BCUT2D eigenvalue weighted by atomic mass is 79.9. The predicted octanol–water partition coefficient (Wildman–Crippen LogP) is 2.65. The van der Waals surface area contributed by atoms with Crippen molar-refractivity contribution in [2.45, 2.75) is 25.9 Å². The Morgan fingerprint density at radius 2 is 1.90 bits per heavy atom. The normalized spacial score (nSPS) is 14.1. The van der Waals surface area contributed by atoms with Crippen molar-refractivity contribution in [3.05, 3.63) is 64.1 Å². The number of carbonyl (C=O) groups is 2. The van der Waals surface area contributed by atoms with Crippen LogP contribution in [-0.4, -0.2) is 44.5 Å². The van der Waals surface area contributed by atoms with E-state index in [9.17, 15) is 18.0 Å². The minimum absolute atomic E-state index is 0.169. The van der Waals surface area contributed by atoms with Gasteiger partial charge in [-0.2, -0.15) is 0 Å². The lowest BCUT2D eigenvalue weighted by molar-refractivity contribution is -0.128. The highest BCUT2D eigenvalue weighted by Gasteiger charge is 2.21. The Hall–Kier alpha value is -2.39. The van der Waals surface area contributed by atoms with E-state index in [1.165, 1.54) is 0 Å². The Balaban J connectivity index is 1.62. The third-order valence-corrected chi connectivity index (χ3v) is 6.44. The fourth-order valence-corrected chi connectivity index (χ4v) is 4.58. The van der Waals surface area contributed by atoms with Crippen LogP contribution in [0.15, 0.2) is 53.0 Å². The summed E-state index contributed by atoms with van der Waals surface area (Å²) in [6.07, 6.45) is 2.57. The Kier molecular flexibility index (Phi) is 7.14. The molecular weight excluding hydrogens is 470 g/mol. The summed E-state index contributed by atoms with van der Waals surface area (Å²) in [5.74, 6) is -0.234. The number of hydrogen-bond donors (Lipinski definition) is 1. The van der Waals surface area contributed by atoms with Crippen LogP contribution in [0.3, 0.4) is 0 Å². The molecule has 0 saturated carbocycles. The van der Waals surface area contributed by atoms with E-state index in [2.05, 4.69) is 21.2 Å². The first-order valence-corrected chi connectivity index (χ1v) is 12.2. The molecule has 0 unspecified atom stereocenters. The number of benzene rings is 2. The van der Waals surface area contributed by atoms with E-state index in [1.54, 1.807) is 24.3 Å². The molecule has 1 N–H and O–H groups in total. The summed E-state index contributed by atoms with van der Waals surface area (Å²) in [6.45, 7) is 1.30. The van der Waals surface area contributed by atoms with Gasteiger partial charge in [0.1, 0.15) is 6.54 Å². The molecule has 3 rings (SSSR count). The molecule has 1 fully saturated rings. The Morgan fingerprint density at radius 3 is 2.57 bits per heavy atom. The molecule has 1 saturated heterocycles. The van der Waals surface area contributed by atoms with Gasteiger partial charge in [0.15, 0.2) is 0 Å². The zero-order chi connectivity index (χ0) is 21.7. The van der Waals surface area contributed by atoms with Gasteiger partial charge in [-0.15, -0.1) is 0 Å². The third-order valence-electron chi connectivity index (χ3n) is 4.81. The Bertz CT molecular complexity index is 1040. The fourth-order valence-electron chi connectivity index (χ4n) is 3.35. The second-order valence-electron chi connectivity index (χ2n) is 7.27. The maximum atomic E-state index is 12.5. The molecule has 0 atom stereocenters. The van der Waals surface area contributed by atoms with Crippen LogP contribution in [0.25, 0.3) is 0 Å². The topological polar surface area (TPSA) is 86.8 Å². The van der Waals surface area contributed by atoms with Crippen molar-refractivity contribution in [2.75, 3.05) is 23.7 Å². The van der Waals surface area contributed by atoms with Gasteiger partial charge in [-0.1, -0.05) is 46.3 Å². The van der Waals surface area contributed by atoms with Gasteiger partial charge >= 0.3 is 0 Å². The molecule has 1 aliphatic rings. The number of likely N-dealkylation sites (tertiary alicyclic amines) is 1. The molecule has 1 aliphatic heterocycles. The van der Waals surface area contributed by atoms with Crippen molar-refractivity contribution in [3.63, 3.8) is 0 Å². The van der Waals surface area contributed by atoms with Crippen LogP contribution in [0, 0.1) is 0 Å². The molecule has 2 amide bonds. The quantitative estimate of drug-likeness (QED) is 0.612. The van der Waals surface area contributed by atoms with E-state index in [0.29, 0.717) is 18.7 Å². The second-order valence-corrected chi connectivity index (χ2v) is 10.1. The molecule has 0 spiro atoms. The second kappa shape index (κ2) is 9.61. The molecule has 0 aromatic heterocycles. The molecule has 1 heterocycles. The van der Waals surface area contributed by atoms with Crippen LogP contribution >= 0.6 is 15.9 Å². The smallest absolute Gasteiger partial charge is 0.241 e. The van der Waals surface area contributed by atoms with E-state index in [0.717, 1.165) is 39.1 Å². The summed E-state index contributed by atoms with van der Waals surface area (Å²) in [4.78, 5) is 26.1. The van der Waals surface area contributed by atoms with Gasteiger partial charge in [-0.25, -0.2) is 8.42 Å². The first-order chi connectivity index (χ1) is 14.2. The Morgan fingerprint density at radius 1 is 1.17 bits per heavy atom. The van der Waals surface area contributed by atoms with E-state index < -0.39 is 15.9 Å². The van der Waals surface area contributed by atoms with E-state index >= 15 is 0 Å². The number of carbonyl (C=O) groups excluding carboxylic acids is 2. The summed E-state index contributed by atoms with van der Waals surface area (Å²) < 4.78 is 26.2. The maximum absolute atomic E-state index is 12.5. The zero-order valence-electron chi connectivity index (χ0n) is 16.7. The largest absolute Gasteiger partial charge is 0.350 e. The monoisotopic (exact) mass is 493 g/mol. The number of rotatable bonds is 8. The number of hydrogen-bond acceptors (Lipinski definition) is 4. The van der Waals surface area contributed by atoms with Gasteiger partial charge in [0.05, 0.1) is 11.9 Å². The predicted molar refractivity (Wildman–Crippen MR) is 119 cm³/mol. The molecule has 0 aliphatic carbocycles. The van der Waals surface area contributed by atoms with E-state index in [4.69, 9.17) is 0 Å². The number of nitrogens with zero attached hydrogens (tertiary/aromatic N) is 2. The van der Waals surface area contributed by atoms with Gasteiger partial charge in [0, 0.05) is 30.5 Å². The van der Waals surface area contributed by atoms with Crippen LogP contribution in [0.1, 0.15) is 24.0 Å². The van der Waals surface area contributed by atoms with E-state index in [1.807, 2.05) is 29.2 Å². The average Bonchev–Trinajstić information content (AvgIpc) is 3.08. The molecule has 2 aromatic carbocycles. The van der Waals surface area contributed by atoms with Crippen LogP contribution in [0.4, 0.5) is 5.69 Å². The minimum atomic E-state index is -3.62. The lowest BCUT2D eigenvalue weighted by atomic mass is 10.1. The fraction of sp³-hybridized carbons (Fsp3) is 0.333. The van der Waals surface area contributed by atoms with Crippen LogP contribution < -0.4 is 9.62 Å². The van der Waals surface area contributed by atoms with Crippen molar-refractivity contribution in [2.24, 2.45) is 0 Å². The molecule has 0 bridgehead atoms. The molecule has 160 valence electrons. The number of nitrogens with one attached hydrogen (secondary N) is 1. The van der Waals surface area contributed by atoms with E-state index in [-0.39, 0.29) is 19.0 Å². The summed E-state index contributed by atoms with van der Waals surface area (Å²) in [7, 11) is -3.62. The van der Waals surface area contributed by atoms with Crippen molar-refractivity contribution in [1.29, 1.82) is 0 Å². The van der Waals surface area contributed by atoms with Crippen molar-refractivity contribution in [3.8, 4) is 0 Å². The molecule has 2 aromatic rings. The summed E-state index contributed by atoms with van der Waals surface area (Å²) >= 11 is 3.32. The lowest BCUT2D eigenvalue weighted by Crippen LogP contribution is -2.40. The van der Waals surface area contributed by atoms with Crippen LogP contribution in [0.5, 0.6) is 0 Å². The molecular formula is C21H24BrN3O4S. The summed E-state index contributed by atoms with van der Waals surface area (Å²) in [6, 6.07) is 14.5. The standard InChI is InChI=1S/C21H24BrN3O4S/c1-30(28,29)25(19-8-3-7-18(22)12-19)15-20(26)23-13-16-5-2-6-17(11-16)14-24-10-4-9-21(24)27/h2-3,5-8,11-12H,4,9-10,13-15H2,1H3,(H,23,26). The number of sulfonamides is 1. The van der Waals surface area contributed by atoms with Gasteiger partial charge in [-0.3, -0.25) is 13.9 Å². The third kappa shape index (κ3) is 6.06. The van der Waals surface area contributed by atoms with Gasteiger partial charge < -0.3 is 10.2 Å². The minimum Gasteiger partial charge on any atom is -0.350 e. The van der Waals surface area contributed by atoms with Gasteiger partial charge in [0.25, 0.3) is 0 Å². The molecule has 30 heavy (non-hydrogen) atoms. The maximum Gasteiger partial charge on any atom is 0.241 e. The number of amides is 2.